The number of carboxylic acid groups (broad SMARTS) is 1. The number of aliphatic imine (C=N–C) groups is 1. The average molecular weight is 487 g/mol. The molecule has 1 N–H and O–H groups in total. The Morgan fingerprint density at radius 3 is 2.47 bits per heavy atom. The van der Waals surface area contributed by atoms with Gasteiger partial charge in [0.25, 0.3) is 5.91 Å². The molecular weight excluding hydrogens is 458 g/mol. The lowest BCUT2D eigenvalue weighted by Crippen LogP contribution is -2.59. The molecule has 1 fully saturated rings. The first-order valence-corrected chi connectivity index (χ1v) is 11.7. The predicted molar refractivity (Wildman–Crippen MR) is 130 cm³/mol. The number of anilines is 1. The number of carbonyl (C=O) groups is 2. The summed E-state index contributed by atoms with van der Waals surface area (Å²) in [5.74, 6) is -0.338. The van der Waals surface area contributed by atoms with Crippen molar-refractivity contribution in [3.05, 3.63) is 47.0 Å². The van der Waals surface area contributed by atoms with Crippen LogP contribution in [0.5, 0.6) is 11.5 Å². The van der Waals surface area contributed by atoms with E-state index in [-0.39, 0.29) is 11.8 Å². The summed E-state index contributed by atoms with van der Waals surface area (Å²) < 4.78 is 11.4. The highest BCUT2D eigenvalue weighted by atomic mass is 35.5. The summed E-state index contributed by atoms with van der Waals surface area (Å²) in [6, 6.07) is 10.9. The molecule has 1 saturated heterocycles. The van der Waals surface area contributed by atoms with Gasteiger partial charge >= 0.3 is 5.97 Å². The van der Waals surface area contributed by atoms with E-state index >= 15 is 0 Å². The Balaban J connectivity index is 1.69. The molecule has 2 heterocycles. The molecule has 8 nitrogen and oxygen atoms in total. The highest BCUT2D eigenvalue weighted by Crippen LogP contribution is 2.40. The molecule has 0 unspecified atom stereocenters. The summed E-state index contributed by atoms with van der Waals surface area (Å²) in [5.41, 5.74) is 2.31. The number of rotatable bonds is 7. The number of ether oxygens (including phenoxy) is 2. The molecule has 34 heavy (non-hydrogen) atoms. The molecule has 180 valence electrons. The number of halogens is 1. The standard InChI is InChI=1S/C25H28ClN3O5/c1-4-29(11-9-16(10-12-29)25(31)32)15-28-20-8-6-5-7-17(20)23(24(28)30)27-19-13-18(26)21(33-2)14-22(19)34-3/h5-8,13-14,16H,4,9-12,15H2,1-3H3/p+1. The van der Waals surface area contributed by atoms with Crippen molar-refractivity contribution in [2.24, 2.45) is 10.9 Å². The van der Waals surface area contributed by atoms with Crippen LogP contribution in [0.4, 0.5) is 11.4 Å². The van der Waals surface area contributed by atoms with Crippen LogP contribution in [0.2, 0.25) is 5.02 Å². The smallest absolute Gasteiger partial charge is 0.306 e. The second-order valence-electron chi connectivity index (χ2n) is 8.73. The number of quaternary nitrogens is 1. The van der Waals surface area contributed by atoms with Crippen LogP contribution in [-0.2, 0) is 9.59 Å². The topological polar surface area (TPSA) is 88.4 Å². The number of fused-ring (bicyclic) bond motifs is 1. The van der Waals surface area contributed by atoms with E-state index in [0.717, 1.165) is 17.8 Å². The third kappa shape index (κ3) is 4.35. The lowest BCUT2D eigenvalue weighted by Gasteiger charge is -2.44. The van der Waals surface area contributed by atoms with Gasteiger partial charge in [0.1, 0.15) is 22.9 Å². The van der Waals surface area contributed by atoms with Gasteiger partial charge in [0, 0.05) is 24.5 Å². The van der Waals surface area contributed by atoms with Gasteiger partial charge in [-0.15, -0.1) is 0 Å². The number of para-hydroxylation sites is 1. The molecule has 0 aliphatic carbocycles. The van der Waals surface area contributed by atoms with Crippen LogP contribution < -0.4 is 14.4 Å². The Labute approximate surface area is 203 Å². The minimum atomic E-state index is -0.738. The van der Waals surface area contributed by atoms with E-state index in [1.54, 1.807) is 17.0 Å². The number of carbonyl (C=O) groups excluding carboxylic acids is 1. The van der Waals surface area contributed by atoms with Crippen LogP contribution in [0.15, 0.2) is 41.4 Å². The third-order valence-electron chi connectivity index (χ3n) is 6.95. The van der Waals surface area contributed by atoms with Gasteiger partial charge in [0.2, 0.25) is 0 Å². The minimum Gasteiger partial charge on any atom is -0.495 e. The van der Waals surface area contributed by atoms with Crippen molar-refractivity contribution >= 4 is 40.6 Å². The molecule has 2 aliphatic rings. The van der Waals surface area contributed by atoms with Gasteiger partial charge in [-0.05, 0) is 19.1 Å². The number of hydrogen-bond acceptors (Lipinski definition) is 5. The van der Waals surface area contributed by atoms with Gasteiger partial charge in [-0.1, -0.05) is 29.8 Å². The Morgan fingerprint density at radius 1 is 1.18 bits per heavy atom. The van der Waals surface area contributed by atoms with E-state index in [0.29, 0.717) is 65.0 Å². The van der Waals surface area contributed by atoms with Gasteiger partial charge in [0.05, 0.1) is 50.5 Å². The molecule has 0 bridgehead atoms. The SMILES string of the molecule is CC[N+]1(CN2C(=O)C(=Nc3cc(Cl)c(OC)cc3OC)c3ccccc32)CCC(C(=O)O)CC1. The number of methoxy groups -OCH3 is 2. The van der Waals surface area contributed by atoms with Crippen LogP contribution in [0, 0.1) is 5.92 Å². The van der Waals surface area contributed by atoms with Crippen molar-refractivity contribution in [1.29, 1.82) is 0 Å². The van der Waals surface area contributed by atoms with Crippen molar-refractivity contribution in [1.82, 2.24) is 0 Å². The van der Waals surface area contributed by atoms with Crippen molar-refractivity contribution < 1.29 is 28.7 Å². The van der Waals surface area contributed by atoms with Crippen LogP contribution in [0.3, 0.4) is 0 Å². The molecule has 0 radical (unpaired) electrons. The zero-order valence-electron chi connectivity index (χ0n) is 19.6. The molecule has 0 spiro atoms. The van der Waals surface area contributed by atoms with E-state index in [1.165, 1.54) is 14.2 Å². The summed E-state index contributed by atoms with van der Waals surface area (Å²) in [4.78, 5) is 31.6. The molecule has 2 aromatic rings. The molecule has 1 amide bonds. The molecule has 0 aromatic heterocycles. The first-order chi connectivity index (χ1) is 16.3. The van der Waals surface area contributed by atoms with Crippen LogP contribution >= 0.6 is 11.6 Å². The molecule has 0 saturated carbocycles. The van der Waals surface area contributed by atoms with Gasteiger partial charge < -0.3 is 19.1 Å². The Hall–Kier alpha value is -3.10. The fourth-order valence-electron chi connectivity index (χ4n) is 4.78. The molecule has 0 atom stereocenters. The Morgan fingerprint density at radius 2 is 1.85 bits per heavy atom. The number of nitrogens with zero attached hydrogens (tertiary/aromatic N) is 3. The fourth-order valence-corrected chi connectivity index (χ4v) is 5.02. The quantitative estimate of drug-likeness (QED) is 0.595. The highest BCUT2D eigenvalue weighted by Gasteiger charge is 2.42. The minimum absolute atomic E-state index is 0.193. The number of piperidine rings is 1. The summed E-state index contributed by atoms with van der Waals surface area (Å²) in [6.45, 7) is 4.80. The first-order valence-electron chi connectivity index (χ1n) is 11.3. The number of aliphatic carboxylic acids is 1. The van der Waals surface area contributed by atoms with Crippen molar-refractivity contribution in [2.75, 3.05) is 45.4 Å². The maximum Gasteiger partial charge on any atom is 0.306 e. The van der Waals surface area contributed by atoms with E-state index in [9.17, 15) is 14.7 Å². The van der Waals surface area contributed by atoms with E-state index in [1.807, 2.05) is 24.3 Å². The molecule has 2 aliphatic heterocycles. The largest absolute Gasteiger partial charge is 0.495 e. The van der Waals surface area contributed by atoms with Crippen LogP contribution in [0.1, 0.15) is 25.3 Å². The lowest BCUT2D eigenvalue weighted by atomic mass is 9.95. The highest BCUT2D eigenvalue weighted by molar-refractivity contribution is 6.54. The normalized spacial score (nSPS) is 23.2. The zero-order valence-corrected chi connectivity index (χ0v) is 20.3. The van der Waals surface area contributed by atoms with E-state index < -0.39 is 5.97 Å². The zero-order chi connectivity index (χ0) is 24.5. The van der Waals surface area contributed by atoms with E-state index in [4.69, 9.17) is 26.1 Å². The molecule has 4 rings (SSSR count). The molecular formula is C25H29ClN3O5+. The Kier molecular flexibility index (Phi) is 6.81. The number of amides is 1. The number of benzene rings is 2. The van der Waals surface area contributed by atoms with Crippen LogP contribution in [-0.4, -0.2) is 67.7 Å². The average Bonchev–Trinajstić information content (AvgIpc) is 3.10. The Bertz CT molecular complexity index is 1140. The predicted octanol–water partition coefficient (Wildman–Crippen LogP) is 4.11. The van der Waals surface area contributed by atoms with Gasteiger partial charge in [0.15, 0.2) is 6.67 Å². The van der Waals surface area contributed by atoms with Gasteiger partial charge in [-0.25, -0.2) is 4.99 Å². The second kappa shape index (κ2) is 9.64. The summed E-state index contributed by atoms with van der Waals surface area (Å²) in [6.07, 6.45) is 1.21. The van der Waals surface area contributed by atoms with Crippen molar-refractivity contribution in [3.8, 4) is 11.5 Å². The number of likely N-dealkylation sites (tertiary alicyclic amines) is 1. The third-order valence-corrected chi connectivity index (χ3v) is 7.24. The second-order valence-corrected chi connectivity index (χ2v) is 9.14. The lowest BCUT2D eigenvalue weighted by molar-refractivity contribution is -0.930. The monoisotopic (exact) mass is 486 g/mol. The van der Waals surface area contributed by atoms with Crippen molar-refractivity contribution in [3.63, 3.8) is 0 Å². The summed E-state index contributed by atoms with van der Waals surface area (Å²) in [7, 11) is 3.05. The molecule has 2 aromatic carbocycles. The van der Waals surface area contributed by atoms with Crippen molar-refractivity contribution in [2.45, 2.75) is 19.8 Å². The fraction of sp³-hybridized carbons (Fsp3) is 0.400. The van der Waals surface area contributed by atoms with Crippen LogP contribution in [0.25, 0.3) is 0 Å². The summed E-state index contributed by atoms with van der Waals surface area (Å²) >= 11 is 6.32. The number of carboxylic acids is 1. The maximum absolute atomic E-state index is 13.7. The van der Waals surface area contributed by atoms with Gasteiger partial charge in [-0.2, -0.15) is 0 Å². The number of hydrogen-bond donors (Lipinski definition) is 1. The summed E-state index contributed by atoms with van der Waals surface area (Å²) in [5, 5.41) is 9.76. The van der Waals surface area contributed by atoms with Gasteiger partial charge in [-0.3, -0.25) is 14.5 Å². The first kappa shape index (κ1) is 24.0. The maximum atomic E-state index is 13.7. The molecule has 9 heteroatoms. The van der Waals surface area contributed by atoms with E-state index in [2.05, 4.69) is 6.92 Å².